The van der Waals surface area contributed by atoms with Gasteiger partial charge in [0, 0.05) is 4.91 Å². The van der Waals surface area contributed by atoms with Gasteiger partial charge in [-0.05, 0) is 28.8 Å². The summed E-state index contributed by atoms with van der Waals surface area (Å²) in [5.74, 6) is -0.371. The topological polar surface area (TPSA) is 75.1 Å². The number of carbonyl (C=O) groups is 1. The molecule has 0 amide bonds. The van der Waals surface area contributed by atoms with Crippen LogP contribution in [0.4, 0.5) is 0 Å². The van der Waals surface area contributed by atoms with Gasteiger partial charge < -0.3 is 4.74 Å². The van der Waals surface area contributed by atoms with Crippen molar-refractivity contribution in [3.63, 3.8) is 0 Å². The van der Waals surface area contributed by atoms with Crippen molar-refractivity contribution in [3.05, 3.63) is 81.7 Å². The molecule has 5 nitrogen and oxygen atoms in total. The van der Waals surface area contributed by atoms with Crippen LogP contribution in [0.1, 0.15) is 21.5 Å². The Bertz CT molecular complexity index is 617. The fourth-order valence-corrected chi connectivity index (χ4v) is 1.67. The maximum Gasteiger partial charge on any atom is 0.338 e. The van der Waals surface area contributed by atoms with Crippen LogP contribution in [-0.2, 0) is 17.9 Å². The summed E-state index contributed by atoms with van der Waals surface area (Å²) in [6.07, 6.45) is 0. The number of carbonyl (C=O) groups excluding carboxylic acids is 1. The zero-order chi connectivity index (χ0) is 14.2. The predicted octanol–water partition coefficient (Wildman–Crippen LogP) is 3.85. The van der Waals surface area contributed by atoms with Crippen LogP contribution >= 0.6 is 0 Å². The number of hydrogen-bond donors (Lipinski definition) is 0. The van der Waals surface area contributed by atoms with E-state index in [0.29, 0.717) is 5.56 Å². The van der Waals surface area contributed by atoms with E-state index in [9.17, 15) is 4.79 Å². The van der Waals surface area contributed by atoms with E-state index in [4.69, 9.17) is 10.3 Å². The molecule has 0 bridgehead atoms. The molecule has 100 valence electrons. The van der Waals surface area contributed by atoms with Gasteiger partial charge in [-0.25, -0.2) is 4.79 Å². The summed E-state index contributed by atoms with van der Waals surface area (Å²) in [4.78, 5) is 14.5. The standard InChI is InChI=1S/C15H13N3O2/c16-18-17-10-12-6-8-14(9-7-12)15(19)20-11-13-4-2-1-3-5-13/h1-9H,10-11H2. The number of benzene rings is 2. The van der Waals surface area contributed by atoms with Crippen LogP contribution in [0.5, 0.6) is 0 Å². The summed E-state index contributed by atoms with van der Waals surface area (Å²) in [6, 6.07) is 16.3. The molecule has 0 atom stereocenters. The lowest BCUT2D eigenvalue weighted by Gasteiger charge is -2.05. The molecular formula is C15H13N3O2. The highest BCUT2D eigenvalue weighted by atomic mass is 16.5. The van der Waals surface area contributed by atoms with E-state index in [-0.39, 0.29) is 19.1 Å². The summed E-state index contributed by atoms with van der Waals surface area (Å²) in [5, 5.41) is 3.46. The fraction of sp³-hybridized carbons (Fsp3) is 0.133. The molecular weight excluding hydrogens is 254 g/mol. The van der Waals surface area contributed by atoms with Crippen molar-refractivity contribution in [3.8, 4) is 0 Å². The first kappa shape index (κ1) is 13.6. The quantitative estimate of drug-likeness (QED) is 0.357. The minimum atomic E-state index is -0.371. The largest absolute Gasteiger partial charge is 0.457 e. The van der Waals surface area contributed by atoms with Gasteiger partial charge in [-0.3, -0.25) is 0 Å². The summed E-state index contributed by atoms with van der Waals surface area (Å²) >= 11 is 0. The number of hydrogen-bond acceptors (Lipinski definition) is 3. The summed E-state index contributed by atoms with van der Waals surface area (Å²) in [6.45, 7) is 0.524. The van der Waals surface area contributed by atoms with Crippen molar-refractivity contribution in [2.24, 2.45) is 5.11 Å². The van der Waals surface area contributed by atoms with Gasteiger partial charge in [0.15, 0.2) is 0 Å². The van der Waals surface area contributed by atoms with Crippen molar-refractivity contribution >= 4 is 5.97 Å². The van der Waals surface area contributed by atoms with Crippen LogP contribution in [0, 0.1) is 0 Å². The molecule has 2 aromatic carbocycles. The normalized spacial score (nSPS) is 9.60. The highest BCUT2D eigenvalue weighted by Crippen LogP contribution is 2.09. The number of azide groups is 1. The average molecular weight is 267 g/mol. The van der Waals surface area contributed by atoms with Crippen molar-refractivity contribution in [1.29, 1.82) is 0 Å². The molecule has 2 rings (SSSR count). The lowest BCUT2D eigenvalue weighted by molar-refractivity contribution is 0.0472. The fourth-order valence-electron chi connectivity index (χ4n) is 1.67. The Morgan fingerprint density at radius 2 is 1.75 bits per heavy atom. The molecule has 0 unspecified atom stereocenters. The van der Waals surface area contributed by atoms with Gasteiger partial charge in [-0.2, -0.15) is 0 Å². The molecule has 0 heterocycles. The number of rotatable bonds is 5. The molecule has 0 aliphatic carbocycles. The van der Waals surface area contributed by atoms with E-state index in [1.54, 1.807) is 24.3 Å². The number of nitrogens with zero attached hydrogens (tertiary/aromatic N) is 3. The number of esters is 1. The molecule has 0 spiro atoms. The van der Waals surface area contributed by atoms with Crippen molar-refractivity contribution in [2.45, 2.75) is 13.2 Å². The monoisotopic (exact) mass is 267 g/mol. The second-order valence-corrected chi connectivity index (χ2v) is 4.15. The van der Waals surface area contributed by atoms with Crippen LogP contribution in [-0.4, -0.2) is 5.97 Å². The predicted molar refractivity (Wildman–Crippen MR) is 74.9 cm³/mol. The zero-order valence-electron chi connectivity index (χ0n) is 10.8. The molecule has 0 saturated heterocycles. The molecule has 0 radical (unpaired) electrons. The summed E-state index contributed by atoms with van der Waals surface area (Å²) in [5.41, 5.74) is 10.5. The van der Waals surface area contributed by atoms with E-state index in [2.05, 4.69) is 10.0 Å². The first-order valence-corrected chi connectivity index (χ1v) is 6.10. The van der Waals surface area contributed by atoms with Crippen LogP contribution in [0.2, 0.25) is 0 Å². The first-order chi connectivity index (χ1) is 9.79. The van der Waals surface area contributed by atoms with E-state index in [1.165, 1.54) is 0 Å². The van der Waals surface area contributed by atoms with Crippen molar-refractivity contribution in [1.82, 2.24) is 0 Å². The molecule has 0 aliphatic rings. The summed E-state index contributed by atoms with van der Waals surface area (Å²) in [7, 11) is 0. The lowest BCUT2D eigenvalue weighted by Crippen LogP contribution is -2.05. The smallest absolute Gasteiger partial charge is 0.338 e. The molecule has 0 aromatic heterocycles. The lowest BCUT2D eigenvalue weighted by atomic mass is 10.1. The van der Waals surface area contributed by atoms with Gasteiger partial charge in [-0.1, -0.05) is 47.6 Å². The molecule has 20 heavy (non-hydrogen) atoms. The molecule has 0 N–H and O–H groups in total. The van der Waals surface area contributed by atoms with E-state index >= 15 is 0 Å². The third kappa shape index (κ3) is 3.86. The third-order valence-electron chi connectivity index (χ3n) is 2.72. The molecule has 0 saturated carbocycles. The van der Waals surface area contributed by atoms with Crippen LogP contribution in [0.15, 0.2) is 59.7 Å². The van der Waals surface area contributed by atoms with Gasteiger partial charge >= 0.3 is 5.97 Å². The minimum Gasteiger partial charge on any atom is -0.457 e. The molecule has 0 aliphatic heterocycles. The van der Waals surface area contributed by atoms with E-state index < -0.39 is 0 Å². The van der Waals surface area contributed by atoms with Crippen molar-refractivity contribution < 1.29 is 9.53 Å². The van der Waals surface area contributed by atoms with E-state index in [1.807, 2.05) is 30.3 Å². The Morgan fingerprint density at radius 1 is 1.05 bits per heavy atom. The maximum atomic E-state index is 11.8. The summed E-state index contributed by atoms with van der Waals surface area (Å²) < 4.78 is 5.21. The average Bonchev–Trinajstić information content (AvgIpc) is 2.52. The Balaban J connectivity index is 1.94. The highest BCUT2D eigenvalue weighted by Gasteiger charge is 2.06. The SMILES string of the molecule is [N-]=[N+]=NCc1ccc(C(=O)OCc2ccccc2)cc1. The van der Waals surface area contributed by atoms with Crippen LogP contribution in [0.25, 0.3) is 10.4 Å². The Labute approximate surface area is 116 Å². The van der Waals surface area contributed by atoms with Gasteiger partial charge in [-0.15, -0.1) is 0 Å². The second kappa shape index (κ2) is 6.97. The first-order valence-electron chi connectivity index (χ1n) is 6.10. The number of ether oxygens (including phenoxy) is 1. The van der Waals surface area contributed by atoms with E-state index in [0.717, 1.165) is 11.1 Å². The van der Waals surface area contributed by atoms with Gasteiger partial charge in [0.25, 0.3) is 0 Å². The second-order valence-electron chi connectivity index (χ2n) is 4.15. The Hall–Kier alpha value is -2.78. The molecule has 0 fully saturated rings. The minimum absolute atomic E-state index is 0.250. The van der Waals surface area contributed by atoms with Gasteiger partial charge in [0.2, 0.25) is 0 Å². The Morgan fingerprint density at radius 3 is 2.40 bits per heavy atom. The van der Waals surface area contributed by atoms with Gasteiger partial charge in [0.1, 0.15) is 6.61 Å². The van der Waals surface area contributed by atoms with Crippen molar-refractivity contribution in [2.75, 3.05) is 0 Å². The highest BCUT2D eigenvalue weighted by molar-refractivity contribution is 5.89. The maximum absolute atomic E-state index is 11.8. The van der Waals surface area contributed by atoms with Crippen LogP contribution < -0.4 is 0 Å². The van der Waals surface area contributed by atoms with Crippen LogP contribution in [0.3, 0.4) is 0 Å². The third-order valence-corrected chi connectivity index (χ3v) is 2.72. The zero-order valence-corrected chi connectivity index (χ0v) is 10.8. The molecule has 2 aromatic rings. The Kier molecular flexibility index (Phi) is 4.76. The van der Waals surface area contributed by atoms with Gasteiger partial charge in [0.05, 0.1) is 12.1 Å². The molecule has 5 heteroatoms.